The Morgan fingerprint density at radius 1 is 1.17 bits per heavy atom. The van der Waals surface area contributed by atoms with Crippen LogP contribution in [0.25, 0.3) is 0 Å². The molecule has 0 aliphatic carbocycles. The molecular formula is C6H13NO5. The highest BCUT2D eigenvalue weighted by Gasteiger charge is 2.41. The van der Waals surface area contributed by atoms with Crippen molar-refractivity contribution in [2.75, 3.05) is 6.61 Å². The average Bonchev–Trinajstić information content (AvgIpc) is 2.08. The summed E-state index contributed by atoms with van der Waals surface area (Å²) >= 11 is 0. The van der Waals surface area contributed by atoms with E-state index in [-0.39, 0.29) is 0 Å². The van der Waals surface area contributed by atoms with Crippen LogP contribution in [-0.2, 0) is 4.74 Å². The second-order valence-electron chi connectivity index (χ2n) is 2.81. The van der Waals surface area contributed by atoms with E-state index in [1.165, 1.54) is 0 Å². The van der Waals surface area contributed by atoms with Crippen molar-refractivity contribution in [3.8, 4) is 0 Å². The fraction of sp³-hybridized carbons (Fsp3) is 1.00. The normalized spacial score (nSPS) is 49.2. The molecule has 1 saturated heterocycles. The summed E-state index contributed by atoms with van der Waals surface area (Å²) in [6.45, 7) is -0.470. The number of aliphatic hydroxyl groups is 4. The van der Waals surface area contributed by atoms with E-state index in [0.717, 1.165) is 0 Å². The summed E-state index contributed by atoms with van der Waals surface area (Å²) in [7, 11) is 0. The van der Waals surface area contributed by atoms with Gasteiger partial charge in [0, 0.05) is 0 Å². The Kier molecular flexibility index (Phi) is 2.99. The Balaban J connectivity index is 2.63. The molecule has 1 aliphatic heterocycles. The van der Waals surface area contributed by atoms with Crippen molar-refractivity contribution in [3.63, 3.8) is 0 Å². The zero-order valence-electron chi connectivity index (χ0n) is 6.37. The summed E-state index contributed by atoms with van der Waals surface area (Å²) in [6.07, 6.45) is -4.85. The molecule has 5 atom stereocenters. The summed E-state index contributed by atoms with van der Waals surface area (Å²) in [5.74, 6) is 0. The molecule has 72 valence electrons. The van der Waals surface area contributed by atoms with Crippen molar-refractivity contribution < 1.29 is 25.2 Å². The number of aliphatic hydroxyl groups excluding tert-OH is 4. The summed E-state index contributed by atoms with van der Waals surface area (Å²) in [4.78, 5) is 0. The highest BCUT2D eigenvalue weighted by molar-refractivity contribution is 4.90. The van der Waals surface area contributed by atoms with E-state index in [1.54, 1.807) is 0 Å². The molecule has 1 aliphatic rings. The second kappa shape index (κ2) is 3.65. The molecule has 6 heteroatoms. The van der Waals surface area contributed by atoms with Gasteiger partial charge in [-0.1, -0.05) is 0 Å². The highest BCUT2D eigenvalue weighted by atomic mass is 16.8. The van der Waals surface area contributed by atoms with E-state index in [9.17, 15) is 10.2 Å². The van der Waals surface area contributed by atoms with E-state index >= 15 is 0 Å². The number of ether oxygens (including phenoxy) is 1. The van der Waals surface area contributed by atoms with Gasteiger partial charge in [-0.2, -0.15) is 0 Å². The maximum atomic E-state index is 9.20. The zero-order valence-corrected chi connectivity index (χ0v) is 6.37. The van der Waals surface area contributed by atoms with E-state index in [1.807, 2.05) is 0 Å². The fourth-order valence-corrected chi connectivity index (χ4v) is 1.12. The standard InChI is InChI=1S/C6H13NO5/c7-3-5(10)4(9)2(1-8)12-6(3)11/h2-6,8-11H,1,7H2/t2?,3-,4+,5+,6+/m0/s1/i1+1,2+1,3+1,4+1,5+1,6+1. The summed E-state index contributed by atoms with van der Waals surface area (Å²) in [5.41, 5.74) is 5.26. The van der Waals surface area contributed by atoms with Crippen LogP contribution < -0.4 is 5.73 Å². The second-order valence-corrected chi connectivity index (χ2v) is 2.81. The molecule has 1 fully saturated rings. The van der Waals surface area contributed by atoms with E-state index in [2.05, 4.69) is 0 Å². The summed E-state index contributed by atoms with van der Waals surface area (Å²) < 4.78 is 4.70. The van der Waals surface area contributed by atoms with Crippen molar-refractivity contribution in [2.24, 2.45) is 5.73 Å². The molecule has 1 heterocycles. The van der Waals surface area contributed by atoms with Crippen molar-refractivity contribution in [1.29, 1.82) is 0 Å². The first kappa shape index (κ1) is 9.85. The SMILES string of the molecule is N[13C@H]1[13C@@H](O)[13C@H](O)[13CH]([13CH2]O)O[13C@H]1O. The maximum absolute atomic E-state index is 9.20. The quantitative estimate of drug-likeness (QED) is 0.274. The molecule has 6 N–H and O–H groups in total. The number of nitrogens with two attached hydrogens (primary N) is 1. The topological polar surface area (TPSA) is 116 Å². The monoisotopic (exact) mass is 185 g/mol. The number of hydrogen-bond donors (Lipinski definition) is 5. The molecule has 0 bridgehead atoms. The van der Waals surface area contributed by atoms with Gasteiger partial charge in [-0.25, -0.2) is 0 Å². The van der Waals surface area contributed by atoms with Crippen LogP contribution in [-0.4, -0.2) is 57.7 Å². The largest absolute Gasteiger partial charge is 0.394 e. The van der Waals surface area contributed by atoms with Gasteiger partial charge in [0.1, 0.15) is 18.3 Å². The van der Waals surface area contributed by atoms with Gasteiger partial charge >= 0.3 is 0 Å². The van der Waals surface area contributed by atoms with E-state index < -0.39 is 37.3 Å². The molecule has 1 unspecified atom stereocenters. The van der Waals surface area contributed by atoms with Crippen LogP contribution >= 0.6 is 0 Å². The minimum Gasteiger partial charge on any atom is -0.394 e. The minimum atomic E-state index is -1.35. The third-order valence-electron chi connectivity index (χ3n) is 1.95. The van der Waals surface area contributed by atoms with Crippen LogP contribution in [0.15, 0.2) is 0 Å². The average molecular weight is 185 g/mol. The lowest BCUT2D eigenvalue weighted by molar-refractivity contribution is -0.248. The first-order valence-electron chi connectivity index (χ1n) is 3.64. The lowest BCUT2D eigenvalue weighted by Crippen LogP contribution is -2.61. The Morgan fingerprint density at radius 2 is 1.75 bits per heavy atom. The van der Waals surface area contributed by atoms with Crippen LogP contribution in [0, 0.1) is 0 Å². The van der Waals surface area contributed by atoms with Crippen molar-refractivity contribution in [2.45, 2.75) is 30.6 Å². The Bertz CT molecular complexity index is 150. The smallest absolute Gasteiger partial charge is 0.173 e. The molecule has 0 aromatic carbocycles. The van der Waals surface area contributed by atoms with Crippen LogP contribution in [0.4, 0.5) is 0 Å². The molecule has 0 amide bonds. The van der Waals surface area contributed by atoms with E-state index in [0.29, 0.717) is 0 Å². The zero-order chi connectivity index (χ0) is 9.30. The predicted octanol–water partition coefficient (Wildman–Crippen LogP) is -3.26. The Hall–Kier alpha value is -0.240. The Morgan fingerprint density at radius 3 is 2.25 bits per heavy atom. The van der Waals surface area contributed by atoms with Crippen LogP contribution in [0.1, 0.15) is 0 Å². The number of hydrogen-bond acceptors (Lipinski definition) is 6. The third kappa shape index (κ3) is 1.58. The van der Waals surface area contributed by atoms with Gasteiger partial charge in [0.25, 0.3) is 0 Å². The lowest BCUT2D eigenvalue weighted by Gasteiger charge is -2.38. The van der Waals surface area contributed by atoms with E-state index in [4.69, 9.17) is 20.7 Å². The van der Waals surface area contributed by atoms with Crippen LogP contribution in [0.5, 0.6) is 0 Å². The first-order valence-corrected chi connectivity index (χ1v) is 3.64. The molecule has 0 aromatic rings. The van der Waals surface area contributed by atoms with Gasteiger partial charge in [0.05, 0.1) is 12.6 Å². The summed E-state index contributed by atoms with van der Waals surface area (Å²) in [6, 6.07) is -1.04. The molecule has 12 heavy (non-hydrogen) atoms. The Labute approximate surface area is 69.2 Å². The molecule has 1 rings (SSSR count). The van der Waals surface area contributed by atoms with Gasteiger partial charge in [-0.15, -0.1) is 0 Å². The molecular weight excluding hydrogens is 172 g/mol. The third-order valence-corrected chi connectivity index (χ3v) is 1.95. The van der Waals surface area contributed by atoms with Crippen molar-refractivity contribution >= 4 is 0 Å². The molecule has 6 nitrogen and oxygen atoms in total. The van der Waals surface area contributed by atoms with Gasteiger partial charge in [-0.05, 0) is 0 Å². The van der Waals surface area contributed by atoms with Crippen molar-refractivity contribution in [3.05, 3.63) is 0 Å². The van der Waals surface area contributed by atoms with Gasteiger partial charge in [-0.3, -0.25) is 0 Å². The molecule has 0 saturated carbocycles. The van der Waals surface area contributed by atoms with Gasteiger partial charge in [0.2, 0.25) is 0 Å². The summed E-state index contributed by atoms with van der Waals surface area (Å²) in [5, 5.41) is 36.1. The minimum absolute atomic E-state index is 0.470. The van der Waals surface area contributed by atoms with Gasteiger partial charge < -0.3 is 30.9 Å². The van der Waals surface area contributed by atoms with Gasteiger partial charge in [0.15, 0.2) is 6.29 Å². The van der Waals surface area contributed by atoms with Crippen molar-refractivity contribution in [1.82, 2.24) is 0 Å². The fourth-order valence-electron chi connectivity index (χ4n) is 1.12. The number of rotatable bonds is 1. The molecule has 0 radical (unpaired) electrons. The highest BCUT2D eigenvalue weighted by Crippen LogP contribution is 2.17. The molecule has 0 spiro atoms. The predicted molar refractivity (Wildman–Crippen MR) is 38.0 cm³/mol. The van der Waals surface area contributed by atoms with Crippen LogP contribution in [0.3, 0.4) is 0 Å². The van der Waals surface area contributed by atoms with Crippen LogP contribution in [0.2, 0.25) is 0 Å². The molecule has 0 aromatic heterocycles. The lowest BCUT2D eigenvalue weighted by atomic mass is 10.9. The maximum Gasteiger partial charge on any atom is 0.173 e. The first-order chi connectivity index (χ1) is 5.57.